The van der Waals surface area contributed by atoms with Gasteiger partial charge in [0.15, 0.2) is 0 Å². The van der Waals surface area contributed by atoms with Gasteiger partial charge in [0.25, 0.3) is 5.91 Å². The zero-order chi connectivity index (χ0) is 20.6. The molecule has 0 N–H and O–H groups in total. The number of amides is 1. The number of hydrogen-bond donors (Lipinski definition) is 0. The number of halogens is 1. The van der Waals surface area contributed by atoms with Crippen LogP contribution in [-0.4, -0.2) is 63.3 Å². The number of likely N-dealkylation sites (N-methyl/N-ethyl adjacent to an activating group) is 1. The first-order valence-corrected chi connectivity index (χ1v) is 11.2. The van der Waals surface area contributed by atoms with E-state index in [1.807, 2.05) is 7.05 Å². The summed E-state index contributed by atoms with van der Waals surface area (Å²) >= 11 is 0. The molecular weight excluding hydrogens is 393 g/mol. The lowest BCUT2D eigenvalue weighted by molar-refractivity contribution is 0.0985. The van der Waals surface area contributed by atoms with E-state index in [1.165, 1.54) is 28.6 Å². The average molecular weight is 418 g/mol. The number of hydrogen-bond acceptors (Lipinski definition) is 4. The molecule has 1 fully saturated rings. The number of piperazine rings is 1. The van der Waals surface area contributed by atoms with E-state index >= 15 is 0 Å². The fraction of sp³-hybridized carbons (Fsp3) is 0.381. The number of benzene rings is 2. The van der Waals surface area contributed by atoms with Gasteiger partial charge in [-0.05, 0) is 67.9 Å². The van der Waals surface area contributed by atoms with Gasteiger partial charge < -0.3 is 9.80 Å². The van der Waals surface area contributed by atoms with Gasteiger partial charge in [0.1, 0.15) is 5.82 Å². The number of carbonyl (C=O) groups is 1. The smallest absolute Gasteiger partial charge is 0.258 e. The van der Waals surface area contributed by atoms with E-state index in [0.717, 1.165) is 17.7 Å². The molecule has 4 rings (SSSR count). The maximum atomic E-state index is 13.2. The summed E-state index contributed by atoms with van der Waals surface area (Å²) in [6.45, 7) is 2.93. The quantitative estimate of drug-likeness (QED) is 0.769. The Morgan fingerprint density at radius 1 is 0.966 bits per heavy atom. The number of nitrogens with zero attached hydrogens (tertiary/aromatic N) is 3. The molecule has 1 amide bonds. The first-order chi connectivity index (χ1) is 13.9. The molecule has 29 heavy (non-hydrogen) atoms. The Bertz CT molecular complexity index is 1020. The summed E-state index contributed by atoms with van der Waals surface area (Å²) in [4.78, 5) is 16.9. The lowest BCUT2D eigenvalue weighted by atomic mass is 10.0. The van der Waals surface area contributed by atoms with Gasteiger partial charge in [0.2, 0.25) is 10.0 Å². The summed E-state index contributed by atoms with van der Waals surface area (Å²) in [6.07, 6.45) is 1.46. The van der Waals surface area contributed by atoms with Crippen molar-refractivity contribution in [1.82, 2.24) is 9.21 Å². The average Bonchev–Trinajstić information content (AvgIpc) is 2.73. The number of rotatable bonds is 3. The van der Waals surface area contributed by atoms with Gasteiger partial charge in [-0.1, -0.05) is 0 Å². The van der Waals surface area contributed by atoms with Crippen LogP contribution in [0.25, 0.3) is 0 Å². The zero-order valence-electron chi connectivity index (χ0n) is 16.3. The highest BCUT2D eigenvalue weighted by Crippen LogP contribution is 2.31. The van der Waals surface area contributed by atoms with Crippen molar-refractivity contribution in [1.29, 1.82) is 0 Å². The lowest BCUT2D eigenvalue weighted by Crippen LogP contribution is -2.47. The fourth-order valence-electron chi connectivity index (χ4n) is 3.87. The molecular formula is C21H24FN3O3S. The molecule has 0 atom stereocenters. The third kappa shape index (κ3) is 3.92. The van der Waals surface area contributed by atoms with Gasteiger partial charge >= 0.3 is 0 Å². The molecule has 0 radical (unpaired) electrons. The van der Waals surface area contributed by atoms with Crippen LogP contribution < -0.4 is 4.90 Å². The molecule has 2 heterocycles. The summed E-state index contributed by atoms with van der Waals surface area (Å²) in [5.74, 6) is -0.597. The second-order valence-electron chi connectivity index (χ2n) is 7.57. The number of aryl methyl sites for hydroxylation is 1. The molecule has 2 aromatic carbocycles. The molecule has 8 heteroatoms. The Kier molecular flexibility index (Phi) is 5.42. The minimum absolute atomic E-state index is 0.208. The molecule has 154 valence electrons. The molecule has 2 aromatic rings. The highest BCUT2D eigenvalue weighted by Gasteiger charge is 2.30. The third-order valence-corrected chi connectivity index (χ3v) is 7.50. The lowest BCUT2D eigenvalue weighted by Gasteiger charge is -2.33. The van der Waals surface area contributed by atoms with Crippen LogP contribution in [0.4, 0.5) is 10.1 Å². The Morgan fingerprint density at radius 3 is 2.34 bits per heavy atom. The van der Waals surface area contributed by atoms with Crippen molar-refractivity contribution in [2.45, 2.75) is 17.7 Å². The van der Waals surface area contributed by atoms with Crippen LogP contribution in [0.5, 0.6) is 0 Å². The van der Waals surface area contributed by atoms with Crippen LogP contribution >= 0.6 is 0 Å². The van der Waals surface area contributed by atoms with Gasteiger partial charge in [-0.15, -0.1) is 0 Å². The normalized spacial score (nSPS) is 18.5. The molecule has 2 aliphatic heterocycles. The molecule has 2 aliphatic rings. The molecule has 0 spiro atoms. The van der Waals surface area contributed by atoms with Crippen LogP contribution in [0.3, 0.4) is 0 Å². The van der Waals surface area contributed by atoms with E-state index in [0.29, 0.717) is 44.7 Å². The second-order valence-corrected chi connectivity index (χ2v) is 9.50. The minimum Gasteiger partial charge on any atom is -0.308 e. The number of fused-ring (bicyclic) bond motifs is 1. The van der Waals surface area contributed by atoms with Crippen molar-refractivity contribution >= 4 is 21.6 Å². The van der Waals surface area contributed by atoms with E-state index < -0.39 is 10.0 Å². The Labute approximate surface area is 170 Å². The first-order valence-electron chi connectivity index (χ1n) is 9.75. The number of anilines is 1. The molecule has 6 nitrogen and oxygen atoms in total. The van der Waals surface area contributed by atoms with E-state index in [2.05, 4.69) is 4.90 Å². The molecule has 0 unspecified atom stereocenters. The van der Waals surface area contributed by atoms with Crippen LogP contribution in [0.15, 0.2) is 47.4 Å². The van der Waals surface area contributed by atoms with E-state index in [9.17, 15) is 17.6 Å². The summed E-state index contributed by atoms with van der Waals surface area (Å²) in [7, 11) is -1.57. The zero-order valence-corrected chi connectivity index (χ0v) is 17.2. The Hall–Kier alpha value is -2.29. The minimum atomic E-state index is -3.55. The van der Waals surface area contributed by atoms with Gasteiger partial charge in [0.05, 0.1) is 4.90 Å². The van der Waals surface area contributed by atoms with Crippen molar-refractivity contribution in [3.63, 3.8) is 0 Å². The maximum Gasteiger partial charge on any atom is 0.258 e. The summed E-state index contributed by atoms with van der Waals surface area (Å²) < 4.78 is 40.8. The number of sulfonamides is 1. The topological polar surface area (TPSA) is 60.9 Å². The van der Waals surface area contributed by atoms with Crippen molar-refractivity contribution < 1.29 is 17.6 Å². The van der Waals surface area contributed by atoms with Crippen LogP contribution in [-0.2, 0) is 16.4 Å². The third-order valence-electron chi connectivity index (χ3n) is 5.61. The van der Waals surface area contributed by atoms with Gasteiger partial charge in [-0.3, -0.25) is 4.79 Å². The first kappa shape index (κ1) is 20.0. The predicted molar refractivity (Wildman–Crippen MR) is 109 cm³/mol. The van der Waals surface area contributed by atoms with Crippen molar-refractivity contribution in [2.75, 3.05) is 44.7 Å². The monoisotopic (exact) mass is 417 g/mol. The van der Waals surface area contributed by atoms with Crippen LogP contribution in [0.1, 0.15) is 22.3 Å². The van der Waals surface area contributed by atoms with Crippen molar-refractivity contribution in [3.05, 3.63) is 59.4 Å². The molecule has 1 saturated heterocycles. The van der Waals surface area contributed by atoms with Crippen molar-refractivity contribution in [3.8, 4) is 0 Å². The van der Waals surface area contributed by atoms with Gasteiger partial charge in [-0.25, -0.2) is 12.8 Å². The van der Waals surface area contributed by atoms with Gasteiger partial charge in [-0.2, -0.15) is 4.31 Å². The largest absolute Gasteiger partial charge is 0.308 e. The predicted octanol–water partition coefficient (Wildman–Crippen LogP) is 2.35. The molecule has 0 bridgehead atoms. The molecule has 0 saturated carbocycles. The molecule has 0 aromatic heterocycles. The SMILES string of the molecule is CN1CCN(S(=O)(=O)c2ccc3c(c2)CCCN3C(=O)c2ccc(F)cc2)CC1. The Balaban J connectivity index is 1.62. The Morgan fingerprint density at radius 2 is 1.66 bits per heavy atom. The summed E-state index contributed by atoms with van der Waals surface area (Å²) in [5, 5.41) is 0. The fourth-order valence-corrected chi connectivity index (χ4v) is 5.34. The van der Waals surface area contributed by atoms with Crippen LogP contribution in [0.2, 0.25) is 0 Å². The van der Waals surface area contributed by atoms with Crippen molar-refractivity contribution in [2.24, 2.45) is 0 Å². The van der Waals surface area contributed by atoms with E-state index in [-0.39, 0.29) is 16.6 Å². The van der Waals surface area contributed by atoms with Crippen LogP contribution in [0, 0.1) is 5.82 Å². The number of carbonyl (C=O) groups excluding carboxylic acids is 1. The maximum absolute atomic E-state index is 13.2. The van der Waals surface area contributed by atoms with Gasteiger partial charge in [0, 0.05) is 44.0 Å². The highest BCUT2D eigenvalue weighted by molar-refractivity contribution is 7.89. The van der Waals surface area contributed by atoms with E-state index in [1.54, 1.807) is 23.1 Å². The summed E-state index contributed by atoms with van der Waals surface area (Å²) in [5.41, 5.74) is 1.98. The van der Waals surface area contributed by atoms with E-state index in [4.69, 9.17) is 0 Å². The molecule has 0 aliphatic carbocycles. The highest BCUT2D eigenvalue weighted by atomic mass is 32.2. The summed E-state index contributed by atoms with van der Waals surface area (Å²) in [6, 6.07) is 10.5. The second kappa shape index (κ2) is 7.85. The standard InChI is InChI=1S/C21H24FN3O3S/c1-23-11-13-24(14-12-23)29(27,28)19-8-9-20-17(15-19)3-2-10-25(20)21(26)16-4-6-18(22)7-5-16/h4-9,15H,2-3,10-14H2,1H3.